The van der Waals surface area contributed by atoms with Crippen LogP contribution >= 0.6 is 23.2 Å². The molecule has 2 atom stereocenters. The minimum Gasteiger partial charge on any atom is -0.477 e. The first-order chi connectivity index (χ1) is 18.5. The number of para-hydroxylation sites is 2. The quantitative estimate of drug-likeness (QED) is 0.429. The number of hydrogen-bond donors (Lipinski definition) is 1. The fraction of sp³-hybridized carbons (Fsp3) is 0.333. The van der Waals surface area contributed by atoms with Gasteiger partial charge in [0, 0.05) is 29.7 Å². The van der Waals surface area contributed by atoms with Gasteiger partial charge in [-0.25, -0.2) is 0 Å². The van der Waals surface area contributed by atoms with Gasteiger partial charge in [-0.2, -0.15) is 0 Å². The summed E-state index contributed by atoms with van der Waals surface area (Å²) in [7, 11) is 0. The lowest BCUT2D eigenvalue weighted by atomic mass is 9.95. The first-order valence-corrected chi connectivity index (χ1v) is 13.8. The monoisotopic (exact) mass is 551 g/mol. The van der Waals surface area contributed by atoms with E-state index >= 15 is 0 Å². The van der Waals surface area contributed by atoms with Gasteiger partial charge in [0.05, 0.1) is 18.2 Å². The van der Waals surface area contributed by atoms with Crippen molar-refractivity contribution < 1.29 is 14.3 Å². The topological polar surface area (TPSA) is 61.9 Å². The van der Waals surface area contributed by atoms with Gasteiger partial charge in [0.15, 0.2) is 6.10 Å². The smallest absolute Gasteiger partial charge is 0.262 e. The molecular weight excluding hydrogens is 521 g/mol. The van der Waals surface area contributed by atoms with Crippen molar-refractivity contribution in [3.63, 3.8) is 0 Å². The fourth-order valence-electron chi connectivity index (χ4n) is 5.18. The molecular formula is C30H31Cl2N3O3. The molecule has 0 aliphatic carbocycles. The zero-order valence-corrected chi connectivity index (χ0v) is 22.6. The van der Waals surface area contributed by atoms with Gasteiger partial charge in [-0.15, -0.1) is 0 Å². The highest BCUT2D eigenvalue weighted by Gasteiger charge is 2.37. The highest BCUT2D eigenvalue weighted by Crippen LogP contribution is 2.35. The number of nitrogens with one attached hydrogen (secondary N) is 1. The number of halogens is 2. The molecule has 38 heavy (non-hydrogen) atoms. The zero-order chi connectivity index (χ0) is 26.5. The van der Waals surface area contributed by atoms with Crippen LogP contribution in [0.3, 0.4) is 0 Å². The van der Waals surface area contributed by atoms with Gasteiger partial charge < -0.3 is 15.0 Å². The van der Waals surface area contributed by atoms with Crippen molar-refractivity contribution in [1.82, 2.24) is 10.2 Å². The Hall–Kier alpha value is -3.06. The number of nitrogens with zero attached hydrogens (tertiary/aromatic N) is 2. The molecule has 0 aromatic heterocycles. The molecule has 2 aliphatic heterocycles. The molecule has 2 aliphatic rings. The van der Waals surface area contributed by atoms with Crippen LogP contribution in [0, 0.1) is 5.92 Å². The molecule has 1 saturated heterocycles. The van der Waals surface area contributed by atoms with E-state index in [9.17, 15) is 9.59 Å². The van der Waals surface area contributed by atoms with Crippen molar-refractivity contribution in [2.75, 3.05) is 31.1 Å². The van der Waals surface area contributed by atoms with Gasteiger partial charge in [-0.3, -0.25) is 14.5 Å². The third-order valence-corrected chi connectivity index (χ3v) is 7.74. The Morgan fingerprint density at radius 2 is 1.76 bits per heavy atom. The van der Waals surface area contributed by atoms with Gasteiger partial charge in [-0.05, 0) is 61.2 Å². The van der Waals surface area contributed by atoms with Crippen LogP contribution in [0.2, 0.25) is 10.0 Å². The first kappa shape index (κ1) is 26.5. The summed E-state index contributed by atoms with van der Waals surface area (Å²) in [6.45, 7) is 2.88. The average molecular weight is 553 g/mol. The number of carbonyl (C=O) groups is 2. The van der Waals surface area contributed by atoms with Crippen LogP contribution in [-0.4, -0.2) is 49.0 Å². The van der Waals surface area contributed by atoms with Crippen LogP contribution in [0.5, 0.6) is 5.75 Å². The molecule has 3 aromatic carbocycles. The van der Waals surface area contributed by atoms with Crippen LogP contribution in [0.1, 0.15) is 24.0 Å². The molecule has 198 valence electrons. The number of piperidine rings is 1. The van der Waals surface area contributed by atoms with Crippen molar-refractivity contribution in [1.29, 1.82) is 0 Å². The molecule has 2 heterocycles. The summed E-state index contributed by atoms with van der Waals surface area (Å²) in [6, 6.07) is 23.0. The van der Waals surface area contributed by atoms with Gasteiger partial charge in [0.1, 0.15) is 5.75 Å². The lowest BCUT2D eigenvalue weighted by Crippen LogP contribution is -2.53. The second kappa shape index (κ2) is 12.2. The summed E-state index contributed by atoms with van der Waals surface area (Å²) in [5, 5.41) is 4.22. The number of rotatable bonds is 7. The van der Waals surface area contributed by atoms with Gasteiger partial charge in [0.25, 0.3) is 5.91 Å². The van der Waals surface area contributed by atoms with Gasteiger partial charge >= 0.3 is 0 Å². The summed E-state index contributed by atoms with van der Waals surface area (Å²) < 4.78 is 6.05. The molecule has 6 nitrogen and oxygen atoms in total. The maximum Gasteiger partial charge on any atom is 0.262 e. The predicted octanol–water partition coefficient (Wildman–Crippen LogP) is 5.36. The van der Waals surface area contributed by atoms with E-state index in [1.54, 1.807) is 11.0 Å². The minimum atomic E-state index is -0.766. The summed E-state index contributed by atoms with van der Waals surface area (Å²) in [5.74, 6) is 0.185. The van der Waals surface area contributed by atoms with Crippen molar-refractivity contribution in [3.8, 4) is 5.75 Å². The Balaban J connectivity index is 1.25. The minimum absolute atomic E-state index is 0.0229. The average Bonchev–Trinajstić information content (AvgIpc) is 2.94. The van der Waals surface area contributed by atoms with E-state index in [2.05, 4.69) is 10.2 Å². The van der Waals surface area contributed by atoms with Crippen molar-refractivity contribution in [2.45, 2.75) is 31.9 Å². The molecule has 0 saturated carbocycles. The molecule has 2 unspecified atom stereocenters. The molecule has 2 amide bonds. The Morgan fingerprint density at radius 3 is 2.58 bits per heavy atom. The Labute approximate surface area is 233 Å². The third kappa shape index (κ3) is 6.32. The SMILES string of the molecule is O=C(NCCc1ccccc1)C1CN(C(=O)C2CCCN(Cc3ccc(Cl)cc3Cl)C2)c2ccccc2O1. The predicted molar refractivity (Wildman–Crippen MR) is 151 cm³/mol. The fourth-order valence-corrected chi connectivity index (χ4v) is 5.65. The number of amides is 2. The zero-order valence-electron chi connectivity index (χ0n) is 21.1. The molecule has 1 fully saturated rings. The van der Waals surface area contributed by atoms with E-state index in [1.807, 2.05) is 66.7 Å². The maximum atomic E-state index is 13.9. The Morgan fingerprint density at radius 1 is 0.974 bits per heavy atom. The van der Waals surface area contributed by atoms with E-state index in [-0.39, 0.29) is 24.3 Å². The van der Waals surface area contributed by atoms with Gasteiger partial charge in [-0.1, -0.05) is 71.7 Å². The summed E-state index contributed by atoms with van der Waals surface area (Å²) in [5.41, 5.74) is 2.86. The van der Waals surface area contributed by atoms with Crippen LogP contribution in [0.15, 0.2) is 72.8 Å². The van der Waals surface area contributed by atoms with E-state index in [0.717, 1.165) is 36.9 Å². The Kier molecular flexibility index (Phi) is 8.52. The lowest BCUT2D eigenvalue weighted by Gasteiger charge is -2.38. The largest absolute Gasteiger partial charge is 0.477 e. The van der Waals surface area contributed by atoms with Crippen molar-refractivity contribution in [3.05, 3.63) is 94.0 Å². The molecule has 0 radical (unpaired) electrons. The highest BCUT2D eigenvalue weighted by atomic mass is 35.5. The molecule has 8 heteroatoms. The second-order valence-corrected chi connectivity index (χ2v) is 10.7. The summed E-state index contributed by atoms with van der Waals surface area (Å²) in [6.07, 6.45) is 1.68. The van der Waals surface area contributed by atoms with Crippen LogP contribution in [0.4, 0.5) is 5.69 Å². The highest BCUT2D eigenvalue weighted by molar-refractivity contribution is 6.35. The molecule has 0 bridgehead atoms. The number of likely N-dealkylation sites (tertiary alicyclic amines) is 1. The first-order valence-electron chi connectivity index (χ1n) is 13.0. The van der Waals surface area contributed by atoms with E-state index in [4.69, 9.17) is 27.9 Å². The van der Waals surface area contributed by atoms with Gasteiger partial charge in [0.2, 0.25) is 5.91 Å². The number of ether oxygens (including phenoxy) is 1. The number of benzene rings is 3. The number of hydrogen-bond acceptors (Lipinski definition) is 4. The van der Waals surface area contributed by atoms with E-state index < -0.39 is 6.10 Å². The summed E-state index contributed by atoms with van der Waals surface area (Å²) >= 11 is 12.5. The number of anilines is 1. The molecule has 1 N–H and O–H groups in total. The Bertz CT molecular complexity index is 1290. The van der Waals surface area contributed by atoms with Crippen molar-refractivity contribution >= 4 is 40.7 Å². The summed E-state index contributed by atoms with van der Waals surface area (Å²) in [4.78, 5) is 30.9. The number of fused-ring (bicyclic) bond motifs is 1. The molecule has 3 aromatic rings. The number of carbonyl (C=O) groups excluding carboxylic acids is 2. The second-order valence-electron chi connectivity index (χ2n) is 9.86. The van der Waals surface area contributed by atoms with Crippen LogP contribution < -0.4 is 15.0 Å². The molecule has 0 spiro atoms. The third-order valence-electron chi connectivity index (χ3n) is 7.15. The maximum absolute atomic E-state index is 13.9. The van der Waals surface area contributed by atoms with Crippen molar-refractivity contribution in [2.24, 2.45) is 5.92 Å². The lowest BCUT2D eigenvalue weighted by molar-refractivity contribution is -0.129. The standard InChI is InChI=1S/C30H31Cl2N3O3/c31-24-13-12-22(25(32)17-24)18-34-16-6-9-23(19-34)30(37)35-20-28(38-27-11-5-4-10-26(27)35)29(36)33-15-14-21-7-2-1-3-8-21/h1-5,7-8,10-13,17,23,28H,6,9,14-16,18-20H2,(H,33,36). The normalized spacial score (nSPS) is 19.4. The molecule has 5 rings (SSSR count). The van der Waals surface area contributed by atoms with E-state index in [0.29, 0.717) is 41.1 Å². The van der Waals surface area contributed by atoms with E-state index in [1.165, 1.54) is 0 Å². The van der Waals surface area contributed by atoms with Crippen LogP contribution in [-0.2, 0) is 22.6 Å². The van der Waals surface area contributed by atoms with Crippen LogP contribution in [0.25, 0.3) is 0 Å².